The lowest BCUT2D eigenvalue weighted by molar-refractivity contribution is -0.118. The molecule has 0 aliphatic carbocycles. The van der Waals surface area contributed by atoms with E-state index in [0.29, 0.717) is 12.3 Å². The number of hydrogen-bond donors (Lipinski definition) is 2. The summed E-state index contributed by atoms with van der Waals surface area (Å²) in [6.45, 7) is 2.70. The molecule has 0 aliphatic rings. The van der Waals surface area contributed by atoms with E-state index in [1.807, 2.05) is 19.1 Å². The molecule has 0 saturated carbocycles. The maximum absolute atomic E-state index is 11.6. The van der Waals surface area contributed by atoms with Crippen molar-refractivity contribution in [3.8, 4) is 0 Å². The van der Waals surface area contributed by atoms with Crippen molar-refractivity contribution < 1.29 is 9.21 Å². The first-order valence-electron chi connectivity index (χ1n) is 6.69. The highest BCUT2D eigenvalue weighted by Crippen LogP contribution is 2.13. The molecule has 2 rings (SSSR count). The Morgan fingerprint density at radius 1 is 1.43 bits per heavy atom. The Hall–Kier alpha value is -1.34. The van der Waals surface area contributed by atoms with Crippen LogP contribution in [0.15, 0.2) is 29.1 Å². The van der Waals surface area contributed by atoms with Gasteiger partial charge in [-0.3, -0.25) is 4.79 Å². The van der Waals surface area contributed by atoms with E-state index in [4.69, 9.17) is 4.42 Å². The zero-order chi connectivity index (χ0) is 14.9. The van der Waals surface area contributed by atoms with Gasteiger partial charge in [-0.2, -0.15) is 11.8 Å². The number of carbonyl (C=O) groups excluding carboxylic acids is 1. The van der Waals surface area contributed by atoms with Crippen LogP contribution in [0.3, 0.4) is 0 Å². The van der Waals surface area contributed by atoms with Gasteiger partial charge >= 0.3 is 0 Å². The summed E-state index contributed by atoms with van der Waals surface area (Å²) in [4.78, 5) is 18.9. The summed E-state index contributed by atoms with van der Waals surface area (Å²) >= 11 is 3.33. The molecule has 0 aliphatic heterocycles. The smallest absolute Gasteiger partial charge is 0.230 e. The van der Waals surface area contributed by atoms with Crippen molar-refractivity contribution in [1.29, 1.82) is 0 Å². The number of H-pyrrole nitrogens is 1. The third kappa shape index (κ3) is 5.89. The minimum Gasteiger partial charge on any atom is -0.468 e. The lowest BCUT2D eigenvalue weighted by Crippen LogP contribution is -2.27. The average Bonchev–Trinajstić information content (AvgIpc) is 3.11. The number of nitrogens with zero attached hydrogens (tertiary/aromatic N) is 1. The molecule has 114 valence electrons. The highest BCUT2D eigenvalue weighted by molar-refractivity contribution is 7.99. The number of rotatable bonds is 9. The van der Waals surface area contributed by atoms with Gasteiger partial charge < -0.3 is 14.7 Å². The van der Waals surface area contributed by atoms with Crippen molar-refractivity contribution in [3.05, 3.63) is 41.9 Å². The average molecular weight is 325 g/mol. The zero-order valence-corrected chi connectivity index (χ0v) is 13.6. The van der Waals surface area contributed by atoms with Crippen LogP contribution in [-0.4, -0.2) is 33.9 Å². The number of hydrogen-bond acceptors (Lipinski definition) is 5. The van der Waals surface area contributed by atoms with E-state index in [-0.39, 0.29) is 5.91 Å². The maximum Gasteiger partial charge on any atom is 0.230 e. The molecule has 2 N–H and O–H groups in total. The maximum atomic E-state index is 11.6. The van der Waals surface area contributed by atoms with Crippen LogP contribution in [0.5, 0.6) is 0 Å². The summed E-state index contributed by atoms with van der Waals surface area (Å²) in [5, 5.41) is 2.92. The molecule has 0 bridgehead atoms. The summed E-state index contributed by atoms with van der Waals surface area (Å²) in [5.74, 6) is 3.93. The molecule has 0 spiro atoms. The largest absolute Gasteiger partial charge is 0.468 e. The van der Waals surface area contributed by atoms with E-state index in [2.05, 4.69) is 15.3 Å². The minimum absolute atomic E-state index is 0.0723. The lowest BCUT2D eigenvalue weighted by Gasteiger charge is -2.04. The third-order valence-electron chi connectivity index (χ3n) is 2.80. The van der Waals surface area contributed by atoms with Crippen LogP contribution in [0.25, 0.3) is 0 Å². The zero-order valence-electron chi connectivity index (χ0n) is 11.9. The number of furan rings is 1. The number of thioether (sulfide) groups is 2. The van der Waals surface area contributed by atoms with Crippen molar-refractivity contribution in [1.82, 2.24) is 15.3 Å². The molecule has 5 nitrogen and oxygen atoms in total. The van der Waals surface area contributed by atoms with E-state index in [1.54, 1.807) is 36.1 Å². The third-order valence-corrected chi connectivity index (χ3v) is 4.72. The molecular formula is C14H19N3O2S2. The number of aromatic amines is 1. The van der Waals surface area contributed by atoms with Gasteiger partial charge in [0.1, 0.15) is 5.76 Å². The molecule has 0 saturated heterocycles. The molecule has 1 amide bonds. The van der Waals surface area contributed by atoms with Gasteiger partial charge in [-0.25, -0.2) is 4.98 Å². The van der Waals surface area contributed by atoms with Gasteiger partial charge in [-0.05, 0) is 19.1 Å². The topological polar surface area (TPSA) is 70.9 Å². The van der Waals surface area contributed by atoms with Crippen molar-refractivity contribution in [2.24, 2.45) is 0 Å². The number of imidazole rings is 1. The lowest BCUT2D eigenvalue weighted by atomic mass is 10.4. The van der Waals surface area contributed by atoms with Crippen LogP contribution in [-0.2, 0) is 16.3 Å². The fourth-order valence-corrected chi connectivity index (χ4v) is 3.28. The van der Waals surface area contributed by atoms with Gasteiger partial charge in [0.25, 0.3) is 0 Å². The van der Waals surface area contributed by atoms with E-state index in [0.717, 1.165) is 34.4 Å². The summed E-state index contributed by atoms with van der Waals surface area (Å²) < 4.78 is 5.21. The Bertz CT molecular complexity index is 540. The Labute approximate surface area is 132 Å². The number of aromatic nitrogens is 2. The number of aryl methyl sites for hydroxylation is 1. The monoisotopic (exact) mass is 325 g/mol. The second kappa shape index (κ2) is 8.84. The van der Waals surface area contributed by atoms with E-state index < -0.39 is 0 Å². The summed E-state index contributed by atoms with van der Waals surface area (Å²) in [5.41, 5.74) is 2.20. The predicted molar refractivity (Wildman–Crippen MR) is 87.4 cm³/mol. The van der Waals surface area contributed by atoms with Gasteiger partial charge in [0.15, 0.2) is 0 Å². The van der Waals surface area contributed by atoms with Crippen LogP contribution in [0.2, 0.25) is 0 Å². The highest BCUT2D eigenvalue weighted by Gasteiger charge is 2.04. The first kappa shape index (κ1) is 16.0. The van der Waals surface area contributed by atoms with Crippen LogP contribution < -0.4 is 5.32 Å². The first-order valence-corrected chi connectivity index (χ1v) is 9.00. The second-order valence-corrected chi connectivity index (χ2v) is 6.54. The van der Waals surface area contributed by atoms with Crippen LogP contribution in [0.1, 0.15) is 17.1 Å². The Morgan fingerprint density at radius 3 is 3.05 bits per heavy atom. The van der Waals surface area contributed by atoms with Gasteiger partial charge in [0.05, 0.1) is 29.8 Å². The Morgan fingerprint density at radius 2 is 2.33 bits per heavy atom. The Balaban J connectivity index is 1.48. The van der Waals surface area contributed by atoms with Gasteiger partial charge in [-0.1, -0.05) is 0 Å². The van der Waals surface area contributed by atoms with E-state index in [1.165, 1.54) is 0 Å². The quantitative estimate of drug-likeness (QED) is 0.694. The normalized spacial score (nSPS) is 10.7. The van der Waals surface area contributed by atoms with Crippen LogP contribution >= 0.6 is 23.5 Å². The number of amides is 1. The van der Waals surface area contributed by atoms with Crippen molar-refractivity contribution in [2.45, 2.75) is 18.4 Å². The van der Waals surface area contributed by atoms with E-state index >= 15 is 0 Å². The van der Waals surface area contributed by atoms with E-state index in [9.17, 15) is 4.79 Å². The second-order valence-electron chi connectivity index (χ2n) is 4.45. The van der Waals surface area contributed by atoms with Gasteiger partial charge in [0, 0.05) is 23.7 Å². The molecule has 0 aromatic carbocycles. The van der Waals surface area contributed by atoms with Crippen molar-refractivity contribution in [3.63, 3.8) is 0 Å². The molecule has 0 radical (unpaired) electrons. The summed E-state index contributed by atoms with van der Waals surface area (Å²) in [6, 6.07) is 3.77. The SMILES string of the molecule is Cc1[nH]cnc1CSCCNC(=O)CSCc1ccco1. The first-order chi connectivity index (χ1) is 10.3. The number of nitrogens with one attached hydrogen (secondary N) is 2. The fraction of sp³-hybridized carbons (Fsp3) is 0.429. The van der Waals surface area contributed by atoms with Crippen molar-refractivity contribution >= 4 is 29.4 Å². The molecule has 0 fully saturated rings. The number of carbonyl (C=O) groups is 1. The highest BCUT2D eigenvalue weighted by atomic mass is 32.2. The molecule has 21 heavy (non-hydrogen) atoms. The molecule has 2 heterocycles. The van der Waals surface area contributed by atoms with Crippen LogP contribution in [0, 0.1) is 6.92 Å². The fourth-order valence-electron chi connectivity index (χ4n) is 1.65. The van der Waals surface area contributed by atoms with Crippen molar-refractivity contribution in [2.75, 3.05) is 18.1 Å². The minimum atomic E-state index is 0.0723. The molecule has 7 heteroatoms. The van der Waals surface area contributed by atoms with Crippen LogP contribution in [0.4, 0.5) is 0 Å². The molecular weight excluding hydrogens is 306 g/mol. The Kier molecular flexibility index (Phi) is 6.75. The molecule has 0 atom stereocenters. The summed E-state index contributed by atoms with van der Waals surface area (Å²) in [7, 11) is 0. The molecule has 2 aromatic heterocycles. The standard InChI is InChI=1S/C14H19N3O2S2/c1-11-13(17-10-16-11)8-20-6-4-15-14(18)9-21-7-12-3-2-5-19-12/h2-3,5,10H,4,6-9H2,1H3,(H,15,18)(H,16,17). The molecule has 0 unspecified atom stereocenters. The van der Waals surface area contributed by atoms with Gasteiger partial charge in [0.2, 0.25) is 5.91 Å². The molecule has 2 aromatic rings. The van der Waals surface area contributed by atoms with Gasteiger partial charge in [-0.15, -0.1) is 11.8 Å². The predicted octanol–water partition coefficient (Wildman–Crippen LogP) is 2.59. The summed E-state index contributed by atoms with van der Waals surface area (Å²) in [6.07, 6.45) is 3.36.